The first-order valence-electron chi connectivity index (χ1n) is 7.68. The topological polar surface area (TPSA) is 64.3 Å². The minimum atomic E-state index is -1.35. The van der Waals surface area contributed by atoms with Crippen molar-refractivity contribution in [3.63, 3.8) is 0 Å². The second kappa shape index (κ2) is 7.61. The summed E-state index contributed by atoms with van der Waals surface area (Å²) in [5.74, 6) is 0.643. The molecule has 1 heterocycles. The van der Waals surface area contributed by atoms with Gasteiger partial charge in [-0.05, 0) is 24.6 Å². The number of aliphatic hydroxyl groups is 1. The molecule has 0 saturated carbocycles. The fourth-order valence-corrected chi connectivity index (χ4v) is 3.33. The zero-order valence-corrected chi connectivity index (χ0v) is 14.1. The molecule has 24 heavy (non-hydrogen) atoms. The van der Waals surface area contributed by atoms with Crippen molar-refractivity contribution in [3.8, 4) is 0 Å². The van der Waals surface area contributed by atoms with E-state index in [1.54, 1.807) is 25.1 Å². The summed E-state index contributed by atoms with van der Waals surface area (Å²) in [7, 11) is 0. The van der Waals surface area contributed by atoms with Crippen molar-refractivity contribution in [3.05, 3.63) is 70.5 Å². The van der Waals surface area contributed by atoms with Crippen LogP contribution in [0.1, 0.15) is 18.9 Å². The summed E-state index contributed by atoms with van der Waals surface area (Å²) < 4.78 is 6.42. The van der Waals surface area contributed by atoms with Gasteiger partial charge in [-0.25, -0.2) is 9.55 Å². The molecule has 1 atom stereocenters. The number of benzene rings is 2. The largest absolute Gasteiger partial charge is 0.351 e. The Labute approximate surface area is 143 Å². The van der Waals surface area contributed by atoms with Gasteiger partial charge in [0, 0.05) is 12.4 Å². The number of para-hydroxylation sites is 1. The second-order valence-corrected chi connectivity index (χ2v) is 6.09. The van der Waals surface area contributed by atoms with Crippen molar-refractivity contribution in [2.24, 2.45) is 0 Å². The third-order valence-electron chi connectivity index (χ3n) is 3.52. The molecule has 0 fully saturated rings. The summed E-state index contributed by atoms with van der Waals surface area (Å²) in [5.41, 5.74) is 1.41. The predicted octanol–water partition coefficient (Wildman–Crippen LogP) is 3.17. The van der Waals surface area contributed by atoms with E-state index in [2.05, 4.69) is 4.98 Å². The maximum Gasteiger partial charge on any atom is 0.266 e. The van der Waals surface area contributed by atoms with Crippen molar-refractivity contribution in [2.75, 3.05) is 6.61 Å². The van der Waals surface area contributed by atoms with Crippen molar-refractivity contribution in [1.82, 2.24) is 9.55 Å². The Morgan fingerprint density at radius 3 is 2.62 bits per heavy atom. The Morgan fingerprint density at radius 2 is 1.88 bits per heavy atom. The number of hydrogen-bond donors (Lipinski definition) is 1. The normalized spacial score (nSPS) is 12.4. The quantitative estimate of drug-likeness (QED) is 0.423. The van der Waals surface area contributed by atoms with Gasteiger partial charge in [-0.2, -0.15) is 0 Å². The molecule has 124 valence electrons. The van der Waals surface area contributed by atoms with Gasteiger partial charge < -0.3 is 9.84 Å². The monoisotopic (exact) mass is 342 g/mol. The lowest BCUT2D eigenvalue weighted by Gasteiger charge is -2.18. The zero-order valence-electron chi connectivity index (χ0n) is 13.3. The molecule has 0 aliphatic carbocycles. The Morgan fingerprint density at radius 1 is 1.17 bits per heavy atom. The maximum atomic E-state index is 12.7. The molecule has 0 spiro atoms. The van der Waals surface area contributed by atoms with E-state index in [0.717, 1.165) is 5.56 Å². The molecule has 3 aromatic rings. The Hall–Kier alpha value is -2.15. The fraction of sp³-hybridized carbons (Fsp3) is 0.222. The highest BCUT2D eigenvalue weighted by Crippen LogP contribution is 2.24. The average Bonchev–Trinajstić information content (AvgIpc) is 2.61. The van der Waals surface area contributed by atoms with E-state index < -0.39 is 6.41 Å². The van der Waals surface area contributed by atoms with Gasteiger partial charge in [-0.1, -0.05) is 54.2 Å². The fourth-order valence-electron chi connectivity index (χ4n) is 2.37. The van der Waals surface area contributed by atoms with E-state index in [0.29, 0.717) is 28.4 Å². The molecule has 1 aromatic heterocycles. The first-order chi connectivity index (χ1) is 11.7. The van der Waals surface area contributed by atoms with Crippen molar-refractivity contribution >= 4 is 22.7 Å². The minimum Gasteiger partial charge on any atom is -0.351 e. The highest BCUT2D eigenvalue weighted by atomic mass is 32.2. The van der Waals surface area contributed by atoms with Crippen LogP contribution in [0.15, 0.2) is 64.5 Å². The summed E-state index contributed by atoms with van der Waals surface area (Å²) in [6.45, 7) is 2.06. The molecule has 1 N–H and O–H groups in total. The summed E-state index contributed by atoms with van der Waals surface area (Å²) in [5, 5.41) is 11.1. The Balaban J connectivity index is 2.03. The van der Waals surface area contributed by atoms with E-state index in [4.69, 9.17) is 4.74 Å². The number of nitrogens with zero attached hydrogens (tertiary/aromatic N) is 2. The van der Waals surface area contributed by atoms with E-state index in [1.165, 1.54) is 16.3 Å². The molecule has 0 radical (unpaired) electrons. The van der Waals surface area contributed by atoms with Gasteiger partial charge >= 0.3 is 0 Å². The standard InChI is InChI=1S/C18H18N2O3S/c1-2-23-18(22)20-16(21)14-10-6-7-11-15(14)19-17(20)24-12-13-8-4-3-5-9-13/h3-11,18,22H,2,12H2,1H3. The minimum absolute atomic E-state index is 0.295. The van der Waals surface area contributed by atoms with Crippen LogP contribution in [0.3, 0.4) is 0 Å². The molecule has 0 aliphatic heterocycles. The molecule has 0 amide bonds. The van der Waals surface area contributed by atoms with Gasteiger partial charge in [0.25, 0.3) is 5.56 Å². The molecule has 0 saturated heterocycles. The number of aliphatic hydroxyl groups excluding tert-OH is 1. The Kier molecular flexibility index (Phi) is 5.30. The number of hydrogen-bond acceptors (Lipinski definition) is 5. The van der Waals surface area contributed by atoms with Crippen LogP contribution in [0.4, 0.5) is 0 Å². The SMILES string of the molecule is CCOC(O)n1c(SCc2ccccc2)nc2ccccc2c1=O. The molecule has 6 heteroatoms. The van der Waals surface area contributed by atoms with Gasteiger partial charge in [-0.3, -0.25) is 4.79 Å². The number of rotatable bonds is 6. The average molecular weight is 342 g/mol. The first kappa shape index (κ1) is 16.7. The number of fused-ring (bicyclic) bond motifs is 1. The third-order valence-corrected chi connectivity index (χ3v) is 4.55. The lowest BCUT2D eigenvalue weighted by atomic mass is 10.2. The third kappa shape index (κ3) is 3.51. The van der Waals surface area contributed by atoms with Crippen LogP contribution in [0.2, 0.25) is 0 Å². The summed E-state index contributed by atoms with van der Waals surface area (Å²) >= 11 is 1.40. The number of thioether (sulfide) groups is 1. The summed E-state index contributed by atoms with van der Waals surface area (Å²) in [6, 6.07) is 17.0. The van der Waals surface area contributed by atoms with E-state index in [-0.39, 0.29) is 5.56 Å². The highest BCUT2D eigenvalue weighted by molar-refractivity contribution is 7.98. The van der Waals surface area contributed by atoms with Gasteiger partial charge in [0.2, 0.25) is 6.41 Å². The van der Waals surface area contributed by atoms with E-state index >= 15 is 0 Å². The summed E-state index contributed by atoms with van der Waals surface area (Å²) in [6.07, 6.45) is -1.35. The van der Waals surface area contributed by atoms with E-state index in [1.807, 2.05) is 36.4 Å². The van der Waals surface area contributed by atoms with Crippen LogP contribution in [-0.2, 0) is 10.5 Å². The smallest absolute Gasteiger partial charge is 0.266 e. The molecule has 3 rings (SSSR count). The lowest BCUT2D eigenvalue weighted by Crippen LogP contribution is -2.29. The van der Waals surface area contributed by atoms with Gasteiger partial charge in [-0.15, -0.1) is 0 Å². The van der Waals surface area contributed by atoms with E-state index in [9.17, 15) is 9.90 Å². The van der Waals surface area contributed by atoms with Gasteiger partial charge in [0.1, 0.15) is 0 Å². The van der Waals surface area contributed by atoms with Crippen LogP contribution < -0.4 is 5.56 Å². The van der Waals surface area contributed by atoms with Crippen LogP contribution in [-0.4, -0.2) is 21.3 Å². The van der Waals surface area contributed by atoms with Crippen molar-refractivity contribution in [1.29, 1.82) is 0 Å². The molecule has 0 bridgehead atoms. The molecule has 0 aliphatic rings. The zero-order chi connectivity index (χ0) is 16.9. The van der Waals surface area contributed by atoms with Crippen molar-refractivity contribution < 1.29 is 9.84 Å². The molecule has 1 unspecified atom stereocenters. The Bertz CT molecular complexity index is 880. The second-order valence-electron chi connectivity index (χ2n) is 5.14. The number of aromatic nitrogens is 2. The van der Waals surface area contributed by atoms with Crippen LogP contribution >= 0.6 is 11.8 Å². The van der Waals surface area contributed by atoms with Crippen LogP contribution in [0, 0.1) is 0 Å². The molecule has 5 nitrogen and oxygen atoms in total. The first-order valence-corrected chi connectivity index (χ1v) is 8.67. The molecule has 2 aromatic carbocycles. The highest BCUT2D eigenvalue weighted by Gasteiger charge is 2.17. The van der Waals surface area contributed by atoms with Crippen LogP contribution in [0.5, 0.6) is 0 Å². The predicted molar refractivity (Wildman–Crippen MR) is 94.9 cm³/mol. The molecular formula is C18H18N2O3S. The summed E-state index contributed by atoms with van der Waals surface area (Å²) in [4.78, 5) is 17.3. The van der Waals surface area contributed by atoms with Crippen molar-refractivity contribution in [2.45, 2.75) is 24.2 Å². The van der Waals surface area contributed by atoms with Gasteiger partial charge in [0.15, 0.2) is 5.16 Å². The number of ether oxygens (including phenoxy) is 1. The lowest BCUT2D eigenvalue weighted by molar-refractivity contribution is -0.156. The van der Waals surface area contributed by atoms with Crippen LogP contribution in [0.25, 0.3) is 10.9 Å². The maximum absolute atomic E-state index is 12.7. The van der Waals surface area contributed by atoms with Gasteiger partial charge in [0.05, 0.1) is 10.9 Å². The molecular weight excluding hydrogens is 324 g/mol.